The van der Waals surface area contributed by atoms with E-state index in [-0.39, 0.29) is 11.3 Å². The summed E-state index contributed by atoms with van der Waals surface area (Å²) in [5.74, 6) is -0.802. The number of rotatable bonds is 8. The van der Waals surface area contributed by atoms with Gasteiger partial charge in [-0.25, -0.2) is 0 Å². The normalized spacial score (nSPS) is 18.1. The Morgan fingerprint density at radius 3 is 2.32 bits per heavy atom. The zero-order valence-electron chi connectivity index (χ0n) is 18.0. The zero-order chi connectivity index (χ0) is 22.5. The van der Waals surface area contributed by atoms with Crippen molar-refractivity contribution in [1.29, 1.82) is 0 Å². The zero-order valence-corrected chi connectivity index (χ0v) is 18.7. The number of likely N-dealkylation sites (N-methyl/N-ethyl adjacent to an activating group) is 1. The molecule has 1 N–H and O–H groups in total. The summed E-state index contributed by atoms with van der Waals surface area (Å²) in [4.78, 5) is 29.3. The number of aliphatic hydroxyl groups is 1. The van der Waals surface area contributed by atoms with Crippen LogP contribution in [0.4, 0.5) is 0 Å². The van der Waals surface area contributed by atoms with Gasteiger partial charge in [0.1, 0.15) is 11.5 Å². The highest BCUT2D eigenvalue weighted by molar-refractivity contribution is 6.46. The summed E-state index contributed by atoms with van der Waals surface area (Å²) < 4.78 is 5.65. The quantitative estimate of drug-likeness (QED) is 0.378. The van der Waals surface area contributed by atoms with Crippen molar-refractivity contribution >= 4 is 29.1 Å². The first-order valence-electron chi connectivity index (χ1n) is 10.2. The second kappa shape index (κ2) is 9.98. The molecule has 0 bridgehead atoms. The molecule has 164 valence electrons. The monoisotopic (exact) mass is 442 g/mol. The lowest BCUT2D eigenvalue weighted by atomic mass is 9.95. The Balaban J connectivity index is 2.06. The molecule has 3 rings (SSSR count). The van der Waals surface area contributed by atoms with Gasteiger partial charge in [0, 0.05) is 23.7 Å². The van der Waals surface area contributed by atoms with Gasteiger partial charge >= 0.3 is 0 Å². The van der Waals surface area contributed by atoms with Crippen LogP contribution in [0.25, 0.3) is 5.76 Å². The molecule has 2 aromatic rings. The van der Waals surface area contributed by atoms with Gasteiger partial charge in [0.2, 0.25) is 0 Å². The average Bonchev–Trinajstić information content (AvgIpc) is 3.01. The van der Waals surface area contributed by atoms with Gasteiger partial charge in [-0.2, -0.15) is 0 Å². The molecule has 1 fully saturated rings. The number of benzene rings is 2. The maximum absolute atomic E-state index is 13.0. The average molecular weight is 443 g/mol. The van der Waals surface area contributed by atoms with E-state index in [1.54, 1.807) is 24.3 Å². The molecule has 1 heterocycles. The largest absolute Gasteiger partial charge is 0.507 e. The number of amides is 1. The first-order chi connectivity index (χ1) is 14.8. The minimum Gasteiger partial charge on any atom is -0.507 e. The minimum atomic E-state index is -0.692. The standard InChI is InChI=1S/C24H27ClN2O4/c1-4-15-31-19-11-7-16(8-12-19)21-20(22(28)17-5-9-18(25)10-6-17)23(29)24(30)27(21)14-13-26(2)3/h5-12,21,28H,4,13-15H2,1-3H3/b22-20+/t21-/m1/s1. The van der Waals surface area contributed by atoms with Crippen molar-refractivity contribution in [2.24, 2.45) is 0 Å². The van der Waals surface area contributed by atoms with Crippen LogP contribution in [0.15, 0.2) is 54.1 Å². The van der Waals surface area contributed by atoms with Gasteiger partial charge in [-0.1, -0.05) is 30.7 Å². The van der Waals surface area contributed by atoms with Gasteiger partial charge in [0.05, 0.1) is 18.2 Å². The van der Waals surface area contributed by atoms with E-state index in [0.29, 0.717) is 36.0 Å². The molecule has 7 heteroatoms. The van der Waals surface area contributed by atoms with Gasteiger partial charge in [-0.05, 0) is 62.5 Å². The molecule has 1 aliphatic rings. The molecule has 0 spiro atoms. The Kier molecular flexibility index (Phi) is 7.36. The van der Waals surface area contributed by atoms with Crippen LogP contribution in [-0.4, -0.2) is 60.4 Å². The molecule has 0 saturated carbocycles. The number of aliphatic hydroxyl groups excluding tert-OH is 1. The predicted molar refractivity (Wildman–Crippen MR) is 121 cm³/mol. The summed E-state index contributed by atoms with van der Waals surface area (Å²) >= 11 is 5.95. The second-order valence-electron chi connectivity index (χ2n) is 7.72. The number of carbonyl (C=O) groups is 2. The Morgan fingerprint density at radius 1 is 1.10 bits per heavy atom. The molecule has 1 aliphatic heterocycles. The van der Waals surface area contributed by atoms with Gasteiger partial charge in [0.15, 0.2) is 0 Å². The number of likely N-dealkylation sites (tertiary alicyclic amines) is 1. The van der Waals surface area contributed by atoms with Crippen LogP contribution < -0.4 is 4.74 Å². The molecule has 1 amide bonds. The summed E-state index contributed by atoms with van der Waals surface area (Å²) in [6.07, 6.45) is 0.896. The van der Waals surface area contributed by atoms with Crippen molar-refractivity contribution < 1.29 is 19.4 Å². The molecule has 6 nitrogen and oxygen atoms in total. The third-order valence-electron chi connectivity index (χ3n) is 5.11. The fourth-order valence-corrected chi connectivity index (χ4v) is 3.62. The van der Waals surface area contributed by atoms with E-state index >= 15 is 0 Å². The number of ether oxygens (including phenoxy) is 1. The van der Waals surface area contributed by atoms with Gasteiger partial charge in [-0.3, -0.25) is 9.59 Å². The van der Waals surface area contributed by atoms with Crippen molar-refractivity contribution in [2.75, 3.05) is 33.8 Å². The van der Waals surface area contributed by atoms with Crippen LogP contribution in [0.2, 0.25) is 5.02 Å². The lowest BCUT2D eigenvalue weighted by Gasteiger charge is -2.26. The van der Waals surface area contributed by atoms with Crippen molar-refractivity contribution in [2.45, 2.75) is 19.4 Å². The highest BCUT2D eigenvalue weighted by Crippen LogP contribution is 2.39. The molecule has 0 radical (unpaired) electrons. The van der Waals surface area contributed by atoms with E-state index in [9.17, 15) is 14.7 Å². The number of hydrogen-bond acceptors (Lipinski definition) is 5. The summed E-state index contributed by atoms with van der Waals surface area (Å²) in [6, 6.07) is 13.1. The number of Topliss-reactive ketones (excluding diaryl/α,β-unsaturated/α-hetero) is 1. The van der Waals surface area contributed by atoms with Crippen LogP contribution >= 0.6 is 11.6 Å². The van der Waals surface area contributed by atoms with Crippen molar-refractivity contribution in [3.63, 3.8) is 0 Å². The maximum Gasteiger partial charge on any atom is 0.295 e. The summed E-state index contributed by atoms with van der Waals surface area (Å²) in [6.45, 7) is 3.58. The highest BCUT2D eigenvalue weighted by atomic mass is 35.5. The van der Waals surface area contributed by atoms with E-state index in [1.165, 1.54) is 4.90 Å². The van der Waals surface area contributed by atoms with Crippen molar-refractivity contribution in [3.05, 3.63) is 70.3 Å². The van der Waals surface area contributed by atoms with Crippen LogP contribution in [0, 0.1) is 0 Å². The molecule has 31 heavy (non-hydrogen) atoms. The molecule has 2 aromatic carbocycles. The topological polar surface area (TPSA) is 70.1 Å². The van der Waals surface area contributed by atoms with Crippen molar-refractivity contribution in [3.8, 4) is 5.75 Å². The van der Waals surface area contributed by atoms with Crippen LogP contribution in [0.1, 0.15) is 30.5 Å². The minimum absolute atomic E-state index is 0.0771. The van der Waals surface area contributed by atoms with Gasteiger partial charge in [-0.15, -0.1) is 0 Å². The molecular formula is C24H27ClN2O4. The Bertz CT molecular complexity index is 968. The van der Waals surface area contributed by atoms with E-state index in [4.69, 9.17) is 16.3 Å². The fourth-order valence-electron chi connectivity index (χ4n) is 3.49. The first-order valence-corrected chi connectivity index (χ1v) is 10.6. The number of halogens is 1. The third-order valence-corrected chi connectivity index (χ3v) is 5.37. The lowest BCUT2D eigenvalue weighted by Crippen LogP contribution is -2.35. The number of ketones is 1. The van der Waals surface area contributed by atoms with Crippen LogP contribution in [-0.2, 0) is 9.59 Å². The Hall–Kier alpha value is -2.83. The number of hydrogen-bond donors (Lipinski definition) is 1. The molecular weight excluding hydrogens is 416 g/mol. The van der Waals surface area contributed by atoms with E-state index < -0.39 is 17.7 Å². The maximum atomic E-state index is 13.0. The van der Waals surface area contributed by atoms with Crippen LogP contribution in [0.3, 0.4) is 0 Å². The fraction of sp³-hybridized carbons (Fsp3) is 0.333. The number of carbonyl (C=O) groups excluding carboxylic acids is 2. The summed E-state index contributed by atoms with van der Waals surface area (Å²) in [5.41, 5.74) is 1.24. The second-order valence-corrected chi connectivity index (χ2v) is 8.16. The van der Waals surface area contributed by atoms with Gasteiger partial charge in [0.25, 0.3) is 11.7 Å². The van der Waals surface area contributed by atoms with Gasteiger partial charge < -0.3 is 19.6 Å². The molecule has 0 aliphatic carbocycles. The highest BCUT2D eigenvalue weighted by Gasteiger charge is 2.45. The van der Waals surface area contributed by atoms with E-state index in [2.05, 4.69) is 0 Å². The number of nitrogens with zero attached hydrogens (tertiary/aromatic N) is 2. The molecule has 1 saturated heterocycles. The molecule has 0 aromatic heterocycles. The summed E-state index contributed by atoms with van der Waals surface area (Å²) in [5, 5.41) is 11.5. The molecule has 0 unspecified atom stereocenters. The smallest absolute Gasteiger partial charge is 0.295 e. The SMILES string of the molecule is CCCOc1ccc([C@@H]2/C(=C(\O)c3ccc(Cl)cc3)C(=O)C(=O)N2CCN(C)C)cc1. The van der Waals surface area contributed by atoms with E-state index in [1.807, 2.05) is 50.2 Å². The lowest BCUT2D eigenvalue weighted by molar-refractivity contribution is -0.140. The summed E-state index contributed by atoms with van der Waals surface area (Å²) in [7, 11) is 3.80. The predicted octanol–water partition coefficient (Wildman–Crippen LogP) is 4.11. The first kappa shape index (κ1) is 22.8. The van der Waals surface area contributed by atoms with Crippen LogP contribution in [0.5, 0.6) is 5.75 Å². The Labute approximate surface area is 187 Å². The third kappa shape index (κ3) is 5.09. The van der Waals surface area contributed by atoms with Crippen molar-refractivity contribution in [1.82, 2.24) is 9.80 Å². The van der Waals surface area contributed by atoms with E-state index in [0.717, 1.165) is 12.0 Å². The Morgan fingerprint density at radius 2 is 1.74 bits per heavy atom. The molecule has 1 atom stereocenters.